The predicted octanol–water partition coefficient (Wildman–Crippen LogP) is 3.26. The van der Waals surface area contributed by atoms with Crippen LogP contribution in [0.15, 0.2) is 29.0 Å². The number of hydrogen-bond donors (Lipinski definition) is 1. The largest absolute Gasteiger partial charge is 0.348 e. The Morgan fingerprint density at radius 3 is 2.77 bits per heavy atom. The maximum absolute atomic E-state index is 12.5. The lowest BCUT2D eigenvalue weighted by atomic mass is 10.0. The monoisotopic (exact) mass is 338 g/mol. The number of aromatic nitrogens is 3. The van der Waals surface area contributed by atoms with Gasteiger partial charge in [-0.05, 0) is 30.7 Å². The molecule has 0 radical (unpaired) electrons. The molecule has 0 saturated carbocycles. The van der Waals surface area contributed by atoms with Crippen LogP contribution >= 0.6 is 23.1 Å². The minimum absolute atomic E-state index is 0.0343. The van der Waals surface area contributed by atoms with Crippen LogP contribution in [-0.4, -0.2) is 25.9 Å². The number of carbonyl (C=O) groups excluding carboxylic acids is 1. The first-order valence-corrected chi connectivity index (χ1v) is 9.07. The highest BCUT2D eigenvalue weighted by atomic mass is 32.2. The minimum Gasteiger partial charge on any atom is -0.348 e. The van der Waals surface area contributed by atoms with Crippen molar-refractivity contribution in [1.29, 1.82) is 0 Å². The molecule has 0 aromatic carbocycles. The van der Waals surface area contributed by atoms with Gasteiger partial charge in [-0.15, -0.1) is 21.5 Å². The van der Waals surface area contributed by atoms with Gasteiger partial charge in [-0.25, -0.2) is 0 Å². The zero-order chi connectivity index (χ0) is 16.1. The normalized spacial score (nSPS) is 14.0. The van der Waals surface area contributed by atoms with Crippen molar-refractivity contribution < 1.29 is 4.79 Å². The number of nitrogens with one attached hydrogen (secondary N) is 1. The molecule has 5 nitrogen and oxygen atoms in total. The fourth-order valence-corrected chi connectivity index (χ4v) is 3.68. The third-order valence-electron chi connectivity index (χ3n) is 3.23. The van der Waals surface area contributed by atoms with Crippen molar-refractivity contribution in [2.24, 2.45) is 13.0 Å². The molecule has 2 aromatic heterocycles. The Labute approximate surface area is 139 Å². The average Bonchev–Trinajstić information content (AvgIpc) is 3.10. The summed E-state index contributed by atoms with van der Waals surface area (Å²) in [6.07, 6.45) is 2.58. The molecule has 0 aliphatic rings. The Hall–Kier alpha value is -1.34. The third-order valence-corrected chi connectivity index (χ3v) is 5.37. The van der Waals surface area contributed by atoms with Crippen molar-refractivity contribution in [2.75, 3.05) is 0 Å². The minimum atomic E-state index is -0.211. The molecule has 22 heavy (non-hydrogen) atoms. The van der Waals surface area contributed by atoms with Crippen molar-refractivity contribution in [1.82, 2.24) is 20.1 Å². The number of thioether (sulfide) groups is 1. The summed E-state index contributed by atoms with van der Waals surface area (Å²) < 4.78 is 1.82. The Balaban J connectivity index is 1.99. The Bertz CT molecular complexity index is 594. The zero-order valence-corrected chi connectivity index (χ0v) is 14.9. The molecule has 2 unspecified atom stereocenters. The second-order valence-corrected chi connectivity index (χ2v) is 7.98. The first kappa shape index (κ1) is 17.0. The van der Waals surface area contributed by atoms with E-state index in [9.17, 15) is 4.79 Å². The summed E-state index contributed by atoms with van der Waals surface area (Å²) in [5, 5.41) is 13.6. The molecule has 2 rings (SSSR count). The summed E-state index contributed by atoms with van der Waals surface area (Å²) >= 11 is 3.11. The van der Waals surface area contributed by atoms with Crippen LogP contribution in [-0.2, 0) is 11.8 Å². The number of carbonyl (C=O) groups is 1. The maximum atomic E-state index is 12.5. The van der Waals surface area contributed by atoms with Gasteiger partial charge in [-0.3, -0.25) is 4.79 Å². The Morgan fingerprint density at radius 2 is 2.23 bits per heavy atom. The fourth-order valence-electron chi connectivity index (χ4n) is 2.09. The van der Waals surface area contributed by atoms with Gasteiger partial charge in [0.25, 0.3) is 0 Å². The molecule has 0 saturated heterocycles. The van der Waals surface area contributed by atoms with Crippen LogP contribution in [0.3, 0.4) is 0 Å². The average molecular weight is 339 g/mol. The molecule has 0 fully saturated rings. The quantitative estimate of drug-likeness (QED) is 0.787. The lowest BCUT2D eigenvalue weighted by molar-refractivity contribution is -0.121. The molecule has 2 atom stereocenters. The number of hydrogen-bond acceptors (Lipinski definition) is 5. The zero-order valence-electron chi connectivity index (χ0n) is 13.3. The van der Waals surface area contributed by atoms with E-state index in [0.717, 1.165) is 11.6 Å². The maximum Gasteiger partial charge on any atom is 0.233 e. The van der Waals surface area contributed by atoms with Crippen LogP contribution in [0.5, 0.6) is 0 Å². The molecule has 2 aromatic rings. The van der Waals surface area contributed by atoms with Crippen molar-refractivity contribution in [3.63, 3.8) is 0 Å². The fraction of sp³-hybridized carbons (Fsp3) is 0.533. The van der Waals surface area contributed by atoms with Gasteiger partial charge in [0.2, 0.25) is 5.91 Å². The molecule has 0 aliphatic heterocycles. The first-order chi connectivity index (χ1) is 10.5. The van der Waals surface area contributed by atoms with E-state index in [-0.39, 0.29) is 17.2 Å². The summed E-state index contributed by atoms with van der Waals surface area (Å²) in [6, 6.07) is 4.19. The van der Waals surface area contributed by atoms with E-state index in [0.29, 0.717) is 5.92 Å². The predicted molar refractivity (Wildman–Crippen MR) is 91.0 cm³/mol. The molecule has 2 heterocycles. The second-order valence-electron chi connectivity index (χ2n) is 5.69. The topological polar surface area (TPSA) is 59.8 Å². The summed E-state index contributed by atoms with van der Waals surface area (Å²) in [6.45, 7) is 6.24. The number of thiophene rings is 1. The molecule has 120 valence electrons. The lowest BCUT2D eigenvalue weighted by Gasteiger charge is -2.21. The van der Waals surface area contributed by atoms with Crippen LogP contribution in [0.4, 0.5) is 0 Å². The van der Waals surface area contributed by atoms with E-state index in [4.69, 9.17) is 0 Å². The van der Waals surface area contributed by atoms with E-state index in [1.54, 1.807) is 17.7 Å². The van der Waals surface area contributed by atoms with Crippen molar-refractivity contribution in [2.45, 2.75) is 43.6 Å². The van der Waals surface area contributed by atoms with Gasteiger partial charge in [-0.2, -0.15) is 0 Å². The highest BCUT2D eigenvalue weighted by Crippen LogP contribution is 2.27. The van der Waals surface area contributed by atoms with Crippen molar-refractivity contribution in [3.8, 4) is 0 Å². The van der Waals surface area contributed by atoms with Crippen LogP contribution in [0.1, 0.15) is 38.1 Å². The van der Waals surface area contributed by atoms with E-state index in [1.165, 1.54) is 16.6 Å². The standard InChI is InChI=1S/C15H22N4OS2/c1-10(2)8-12(13-6-5-7-21-13)17-14(20)11(3)22-15-18-16-9-19(15)4/h5-7,9-12H,8H2,1-4H3,(H,17,20). The van der Waals surface area contributed by atoms with E-state index < -0.39 is 0 Å². The molecule has 0 aliphatic carbocycles. The lowest BCUT2D eigenvalue weighted by Crippen LogP contribution is -2.34. The summed E-state index contributed by atoms with van der Waals surface area (Å²) in [7, 11) is 1.88. The van der Waals surface area contributed by atoms with Crippen LogP contribution in [0.2, 0.25) is 0 Å². The van der Waals surface area contributed by atoms with Gasteiger partial charge >= 0.3 is 0 Å². The summed E-state index contributed by atoms with van der Waals surface area (Å²) in [5.74, 6) is 0.557. The molecule has 0 spiro atoms. The van der Waals surface area contributed by atoms with Gasteiger partial charge in [-0.1, -0.05) is 31.7 Å². The van der Waals surface area contributed by atoms with E-state index in [1.807, 2.05) is 30.0 Å². The number of rotatable bonds is 7. The molecule has 0 bridgehead atoms. The molecule has 1 N–H and O–H groups in total. The van der Waals surface area contributed by atoms with E-state index >= 15 is 0 Å². The summed E-state index contributed by atoms with van der Waals surface area (Å²) in [4.78, 5) is 13.7. The molecule has 1 amide bonds. The smallest absolute Gasteiger partial charge is 0.233 e. The molecule has 7 heteroatoms. The Kier molecular flexibility index (Phi) is 6.02. The van der Waals surface area contributed by atoms with Crippen molar-refractivity contribution in [3.05, 3.63) is 28.7 Å². The molecular formula is C15H22N4OS2. The van der Waals surface area contributed by atoms with Gasteiger partial charge in [0.15, 0.2) is 5.16 Å². The Morgan fingerprint density at radius 1 is 1.45 bits per heavy atom. The number of aryl methyl sites for hydroxylation is 1. The SMILES string of the molecule is CC(C)CC(NC(=O)C(C)Sc1nncn1C)c1cccs1. The van der Waals surface area contributed by atoms with Gasteiger partial charge in [0.05, 0.1) is 11.3 Å². The van der Waals surface area contributed by atoms with Crippen LogP contribution < -0.4 is 5.32 Å². The highest BCUT2D eigenvalue weighted by Gasteiger charge is 2.22. The van der Waals surface area contributed by atoms with Gasteiger partial charge in [0.1, 0.15) is 6.33 Å². The van der Waals surface area contributed by atoms with Crippen LogP contribution in [0.25, 0.3) is 0 Å². The second kappa shape index (κ2) is 7.78. The van der Waals surface area contributed by atoms with Gasteiger partial charge in [0, 0.05) is 11.9 Å². The van der Waals surface area contributed by atoms with Gasteiger partial charge < -0.3 is 9.88 Å². The third kappa shape index (κ3) is 4.58. The molecular weight excluding hydrogens is 316 g/mol. The summed E-state index contributed by atoms with van der Waals surface area (Å²) in [5.41, 5.74) is 0. The number of nitrogens with zero attached hydrogens (tertiary/aromatic N) is 3. The number of amides is 1. The highest BCUT2D eigenvalue weighted by molar-refractivity contribution is 8.00. The van der Waals surface area contributed by atoms with E-state index in [2.05, 4.69) is 35.4 Å². The first-order valence-electron chi connectivity index (χ1n) is 7.31. The van der Waals surface area contributed by atoms with Crippen LogP contribution in [0, 0.1) is 5.92 Å². The van der Waals surface area contributed by atoms with Crippen molar-refractivity contribution >= 4 is 29.0 Å².